The number of terminal acetylenes is 1. The van der Waals surface area contributed by atoms with Gasteiger partial charge < -0.3 is 9.84 Å². The van der Waals surface area contributed by atoms with E-state index in [0.717, 1.165) is 11.3 Å². The van der Waals surface area contributed by atoms with Gasteiger partial charge in [-0.1, -0.05) is 18.1 Å². The van der Waals surface area contributed by atoms with Crippen molar-refractivity contribution in [1.29, 1.82) is 0 Å². The lowest BCUT2D eigenvalue weighted by Gasteiger charge is -2.01. The van der Waals surface area contributed by atoms with Gasteiger partial charge in [-0.2, -0.15) is 0 Å². The first-order valence-electron chi connectivity index (χ1n) is 3.66. The normalized spacial score (nSPS) is 9.00. The van der Waals surface area contributed by atoms with Crippen LogP contribution in [0, 0.1) is 12.3 Å². The van der Waals surface area contributed by atoms with E-state index in [0.29, 0.717) is 0 Å². The molecule has 1 aromatic rings. The van der Waals surface area contributed by atoms with Crippen LogP contribution in [-0.4, -0.2) is 11.7 Å². The van der Waals surface area contributed by atoms with Crippen LogP contribution in [0.2, 0.25) is 0 Å². The lowest BCUT2D eigenvalue weighted by atomic mass is 10.2. The van der Waals surface area contributed by atoms with E-state index in [1.165, 1.54) is 0 Å². The molecule has 0 radical (unpaired) electrons. The molecule has 62 valence electrons. The summed E-state index contributed by atoms with van der Waals surface area (Å²) in [6.45, 7) is 0.550. The molecule has 0 fully saturated rings. The first kappa shape index (κ1) is 8.63. The zero-order valence-electron chi connectivity index (χ0n) is 6.71. The van der Waals surface area contributed by atoms with Crippen LogP contribution in [-0.2, 0) is 6.61 Å². The Hall–Kier alpha value is -1.46. The highest BCUT2D eigenvalue weighted by atomic mass is 16.5. The van der Waals surface area contributed by atoms with E-state index in [2.05, 4.69) is 5.92 Å². The van der Waals surface area contributed by atoms with Gasteiger partial charge in [0, 0.05) is 5.56 Å². The number of hydrogen-bond donors (Lipinski definition) is 0. The van der Waals surface area contributed by atoms with Crippen molar-refractivity contribution >= 4 is 0 Å². The summed E-state index contributed by atoms with van der Waals surface area (Å²) < 4.78 is 5.18. The molecule has 2 N–H and O–H groups in total. The predicted octanol–water partition coefficient (Wildman–Crippen LogP) is 0.923. The molecule has 2 heteroatoms. The van der Waals surface area contributed by atoms with Gasteiger partial charge in [0.05, 0.1) is 0 Å². The van der Waals surface area contributed by atoms with Crippen LogP contribution in [0.15, 0.2) is 24.3 Å². The van der Waals surface area contributed by atoms with Gasteiger partial charge in [-0.05, 0) is 12.1 Å². The molecule has 0 amide bonds. The fraction of sp³-hybridized carbons (Fsp3) is 0.200. The summed E-state index contributed by atoms with van der Waals surface area (Å²) in [5.41, 5.74) is 0.935. The molecule has 1 aromatic carbocycles. The molecular weight excluding hydrogens is 152 g/mol. The second kappa shape index (κ2) is 4.42. The number of ether oxygens (including phenoxy) is 1. The lowest BCUT2D eigenvalue weighted by molar-refractivity contribution is 0.280. The third kappa shape index (κ3) is 2.30. The van der Waals surface area contributed by atoms with Crippen molar-refractivity contribution in [2.45, 2.75) is 6.61 Å². The largest absolute Gasteiger partial charge is 0.481 e. The van der Waals surface area contributed by atoms with Gasteiger partial charge in [-0.25, -0.2) is 0 Å². The van der Waals surface area contributed by atoms with E-state index in [9.17, 15) is 0 Å². The molecule has 0 unspecified atom stereocenters. The minimum absolute atomic E-state index is 0.271. The zero-order valence-corrected chi connectivity index (χ0v) is 6.71. The van der Waals surface area contributed by atoms with Crippen LogP contribution in [0.3, 0.4) is 0 Å². The molecule has 0 saturated heterocycles. The molecule has 0 aliphatic carbocycles. The van der Waals surface area contributed by atoms with Gasteiger partial charge in [-0.3, -0.25) is 0 Å². The van der Waals surface area contributed by atoms with Crippen LogP contribution in [0.25, 0.3) is 0 Å². The highest BCUT2D eigenvalue weighted by molar-refractivity contribution is 5.28. The molecule has 0 aliphatic rings. The van der Waals surface area contributed by atoms with E-state index in [1.54, 1.807) is 0 Å². The van der Waals surface area contributed by atoms with Crippen LogP contribution in [0.1, 0.15) is 5.56 Å². The summed E-state index contributed by atoms with van der Waals surface area (Å²) in [5.74, 6) is 3.12. The van der Waals surface area contributed by atoms with Gasteiger partial charge in [-0.15, -0.1) is 6.42 Å². The zero-order chi connectivity index (χ0) is 8.81. The second-order valence-electron chi connectivity index (χ2n) is 2.32. The molecule has 0 atom stereocenters. The number of benzene rings is 1. The van der Waals surface area contributed by atoms with Crippen molar-refractivity contribution in [3.05, 3.63) is 29.8 Å². The summed E-state index contributed by atoms with van der Waals surface area (Å²) in [7, 11) is 0. The Morgan fingerprint density at radius 3 is 3.00 bits per heavy atom. The predicted molar refractivity (Wildman–Crippen MR) is 48.1 cm³/mol. The fourth-order valence-corrected chi connectivity index (χ4v) is 0.870. The monoisotopic (exact) mass is 163 g/mol. The topological polar surface area (TPSA) is 32.1 Å². The standard InChI is InChI=1S/C10H10O2/c1-2-6-12-10-5-3-4-9(7-10)8-11/h1,3-5,7,11H,6,8H2/p+1. The highest BCUT2D eigenvalue weighted by Crippen LogP contribution is 2.12. The summed E-state index contributed by atoms with van der Waals surface area (Å²) in [5, 5.41) is 7.12. The Labute approximate surface area is 71.8 Å². The maximum absolute atomic E-state index is 7.12. The minimum Gasteiger partial charge on any atom is -0.481 e. The number of hydrogen-bond acceptors (Lipinski definition) is 1. The van der Waals surface area contributed by atoms with Crippen molar-refractivity contribution in [3.63, 3.8) is 0 Å². The maximum Gasteiger partial charge on any atom is 0.170 e. The van der Waals surface area contributed by atoms with Crippen molar-refractivity contribution < 1.29 is 9.84 Å². The van der Waals surface area contributed by atoms with Crippen LogP contribution >= 0.6 is 0 Å². The van der Waals surface area contributed by atoms with Crippen LogP contribution in [0.5, 0.6) is 5.75 Å². The molecule has 12 heavy (non-hydrogen) atoms. The Bertz CT molecular complexity index is 286. The number of rotatable bonds is 3. The van der Waals surface area contributed by atoms with Crippen molar-refractivity contribution in [3.8, 4) is 18.1 Å². The molecule has 0 heterocycles. The molecule has 0 bridgehead atoms. The fourth-order valence-electron chi connectivity index (χ4n) is 0.870. The van der Waals surface area contributed by atoms with Gasteiger partial charge >= 0.3 is 0 Å². The molecule has 1 rings (SSSR count). The maximum atomic E-state index is 7.12. The average molecular weight is 163 g/mol. The lowest BCUT2D eigenvalue weighted by Crippen LogP contribution is -1.94. The average Bonchev–Trinajstić information content (AvgIpc) is 2.15. The summed E-state index contributed by atoms with van der Waals surface area (Å²) in [4.78, 5) is 0. The van der Waals surface area contributed by atoms with Crippen molar-refractivity contribution in [2.75, 3.05) is 6.61 Å². The quantitative estimate of drug-likeness (QED) is 0.481. The van der Waals surface area contributed by atoms with Gasteiger partial charge in [0.15, 0.2) is 6.61 Å². The SMILES string of the molecule is C#CCOc1cccc(C[OH2+])c1. The first-order valence-corrected chi connectivity index (χ1v) is 3.66. The Kier molecular flexibility index (Phi) is 3.18. The summed E-state index contributed by atoms with van der Waals surface area (Å²) in [6, 6.07) is 7.40. The van der Waals surface area contributed by atoms with Crippen molar-refractivity contribution in [2.24, 2.45) is 0 Å². The van der Waals surface area contributed by atoms with Gasteiger partial charge in [0.2, 0.25) is 0 Å². The Balaban J connectivity index is 2.67. The molecular formula is C10H11O2+. The van der Waals surface area contributed by atoms with Crippen LogP contribution < -0.4 is 4.74 Å². The summed E-state index contributed by atoms with van der Waals surface area (Å²) >= 11 is 0. The van der Waals surface area contributed by atoms with Crippen molar-refractivity contribution in [1.82, 2.24) is 0 Å². The van der Waals surface area contributed by atoms with E-state index in [-0.39, 0.29) is 13.2 Å². The third-order valence-electron chi connectivity index (χ3n) is 1.42. The molecule has 2 nitrogen and oxygen atoms in total. The second-order valence-corrected chi connectivity index (χ2v) is 2.32. The Morgan fingerprint density at radius 2 is 2.33 bits per heavy atom. The third-order valence-corrected chi connectivity index (χ3v) is 1.42. The van der Waals surface area contributed by atoms with Gasteiger partial charge in [0.25, 0.3) is 0 Å². The van der Waals surface area contributed by atoms with E-state index in [1.807, 2.05) is 24.3 Å². The Morgan fingerprint density at radius 1 is 1.50 bits per heavy atom. The summed E-state index contributed by atoms with van der Waals surface area (Å²) in [6.07, 6.45) is 5.03. The molecule has 0 saturated carbocycles. The first-order chi connectivity index (χ1) is 5.86. The molecule has 0 aliphatic heterocycles. The van der Waals surface area contributed by atoms with Gasteiger partial charge in [0.1, 0.15) is 12.4 Å². The van der Waals surface area contributed by atoms with E-state index < -0.39 is 0 Å². The highest BCUT2D eigenvalue weighted by Gasteiger charge is 1.95. The minimum atomic E-state index is 0.271. The van der Waals surface area contributed by atoms with E-state index >= 15 is 0 Å². The van der Waals surface area contributed by atoms with E-state index in [4.69, 9.17) is 16.3 Å². The molecule has 0 spiro atoms. The van der Waals surface area contributed by atoms with Crippen LogP contribution in [0.4, 0.5) is 0 Å². The molecule has 0 aromatic heterocycles. The smallest absolute Gasteiger partial charge is 0.170 e.